The zero-order chi connectivity index (χ0) is 29.6. The van der Waals surface area contributed by atoms with Gasteiger partial charge in [-0.1, -0.05) is 138 Å². The van der Waals surface area contributed by atoms with Crippen molar-refractivity contribution in [3.8, 4) is 33.8 Å². The van der Waals surface area contributed by atoms with Gasteiger partial charge in [0.25, 0.3) is 0 Å². The first-order valence-corrected chi connectivity index (χ1v) is 16.4. The molecule has 0 saturated carbocycles. The van der Waals surface area contributed by atoms with Gasteiger partial charge in [0.05, 0.1) is 0 Å². The molecule has 0 saturated heterocycles. The number of hydrogen-bond donors (Lipinski definition) is 2. The Kier molecular flexibility index (Phi) is 12.6. The molecule has 42 heavy (non-hydrogen) atoms. The van der Waals surface area contributed by atoms with Gasteiger partial charge in [-0.3, -0.25) is 0 Å². The van der Waals surface area contributed by atoms with Gasteiger partial charge < -0.3 is 10.2 Å². The third kappa shape index (κ3) is 8.99. The Hall–Kier alpha value is -3.52. The van der Waals surface area contributed by atoms with Crippen LogP contribution in [0, 0.1) is 0 Å². The van der Waals surface area contributed by atoms with Gasteiger partial charge in [0, 0.05) is 11.1 Å². The van der Waals surface area contributed by atoms with Crippen LogP contribution in [0.25, 0.3) is 22.3 Å². The van der Waals surface area contributed by atoms with E-state index >= 15 is 0 Å². The highest BCUT2D eigenvalue weighted by molar-refractivity contribution is 5.73. The number of unbranched alkanes of at least 4 members (excludes halogenated alkanes) is 7. The highest BCUT2D eigenvalue weighted by atomic mass is 16.3. The molecule has 0 aromatic heterocycles. The minimum atomic E-state index is 0.454. The lowest BCUT2D eigenvalue weighted by molar-refractivity contribution is 0.468. The van der Waals surface area contributed by atoms with E-state index in [-0.39, 0.29) is 0 Å². The smallest absolute Gasteiger partial charge is 0.126 e. The van der Waals surface area contributed by atoms with E-state index in [4.69, 9.17) is 0 Å². The average Bonchev–Trinajstić information content (AvgIpc) is 3.02. The van der Waals surface area contributed by atoms with Crippen LogP contribution in [0.15, 0.2) is 84.9 Å². The molecule has 0 bridgehead atoms. The van der Waals surface area contributed by atoms with E-state index in [0.717, 1.165) is 71.9 Å². The predicted molar refractivity (Wildman–Crippen MR) is 179 cm³/mol. The van der Waals surface area contributed by atoms with Crippen molar-refractivity contribution in [2.24, 2.45) is 0 Å². The van der Waals surface area contributed by atoms with Crippen LogP contribution in [-0.4, -0.2) is 10.2 Å². The van der Waals surface area contributed by atoms with E-state index < -0.39 is 0 Å². The molecule has 4 rings (SSSR count). The van der Waals surface area contributed by atoms with E-state index in [9.17, 15) is 10.2 Å². The van der Waals surface area contributed by atoms with Crippen LogP contribution in [0.5, 0.6) is 11.5 Å². The van der Waals surface area contributed by atoms with Crippen LogP contribution in [-0.2, 0) is 25.7 Å². The molecule has 0 aliphatic heterocycles. The van der Waals surface area contributed by atoms with Crippen LogP contribution >= 0.6 is 0 Å². The molecule has 0 heterocycles. The fourth-order valence-corrected chi connectivity index (χ4v) is 6.12. The number of aryl methyl sites for hydroxylation is 4. The van der Waals surface area contributed by atoms with E-state index in [0.29, 0.717) is 11.5 Å². The molecule has 0 fully saturated rings. The van der Waals surface area contributed by atoms with Crippen LogP contribution in [0.4, 0.5) is 0 Å². The Labute approximate surface area is 254 Å². The first kappa shape index (κ1) is 31.4. The van der Waals surface area contributed by atoms with Gasteiger partial charge in [-0.15, -0.1) is 0 Å². The van der Waals surface area contributed by atoms with E-state index in [1.54, 1.807) is 0 Å². The van der Waals surface area contributed by atoms with Crippen LogP contribution in [0.1, 0.15) is 100 Å². The highest BCUT2D eigenvalue weighted by Gasteiger charge is 2.13. The summed E-state index contributed by atoms with van der Waals surface area (Å²) < 4.78 is 0. The number of phenolic OH excluding ortho intramolecular Hbond substituents is 2. The van der Waals surface area contributed by atoms with E-state index in [1.807, 2.05) is 36.4 Å². The summed E-state index contributed by atoms with van der Waals surface area (Å²) in [5.74, 6) is 0.908. The molecule has 2 heteroatoms. The quantitative estimate of drug-likeness (QED) is 0.126. The van der Waals surface area contributed by atoms with Crippen LogP contribution in [0.2, 0.25) is 0 Å². The Bertz CT molecular complexity index is 1250. The zero-order valence-electron chi connectivity index (χ0n) is 25.9. The monoisotopic (exact) mass is 562 g/mol. The third-order valence-corrected chi connectivity index (χ3v) is 8.39. The average molecular weight is 563 g/mol. The topological polar surface area (TPSA) is 40.5 Å². The van der Waals surface area contributed by atoms with Crippen LogP contribution < -0.4 is 0 Å². The van der Waals surface area contributed by atoms with Crippen molar-refractivity contribution in [1.82, 2.24) is 0 Å². The molecule has 2 nitrogen and oxygen atoms in total. The largest absolute Gasteiger partial charge is 0.507 e. The number of phenols is 2. The molecule has 0 spiro atoms. The molecule has 222 valence electrons. The van der Waals surface area contributed by atoms with Crippen molar-refractivity contribution in [1.29, 1.82) is 0 Å². The van der Waals surface area contributed by atoms with Gasteiger partial charge >= 0.3 is 0 Å². The molecule has 2 N–H and O–H groups in total. The summed E-state index contributed by atoms with van der Waals surface area (Å²) in [6.07, 6.45) is 16.2. The standard InChI is InChI=1S/C40H50O2/c1-3-19-35-27-31(29-37(39(35)41)33-23-15-11-16-24-33)21-13-9-7-5-6-8-10-14-22-32-28-36(20-4-2)40(42)38(30-32)34-25-17-12-18-26-34/h11-12,15-18,23-30,41-42H,3-10,13-14,19-22H2,1-2H3. The number of hydrogen-bond acceptors (Lipinski definition) is 2. The maximum absolute atomic E-state index is 10.9. The van der Waals surface area contributed by atoms with Crippen molar-refractivity contribution < 1.29 is 10.2 Å². The highest BCUT2D eigenvalue weighted by Crippen LogP contribution is 2.36. The van der Waals surface area contributed by atoms with Crippen molar-refractivity contribution in [2.45, 2.75) is 104 Å². The predicted octanol–water partition coefficient (Wildman–Crippen LogP) is 11.2. The molecule has 4 aromatic carbocycles. The lowest BCUT2D eigenvalue weighted by atomic mass is 9.93. The maximum atomic E-state index is 10.9. The van der Waals surface area contributed by atoms with Crippen molar-refractivity contribution in [3.05, 3.63) is 107 Å². The summed E-state index contributed by atoms with van der Waals surface area (Å²) in [6.45, 7) is 4.35. The van der Waals surface area contributed by atoms with Gasteiger partial charge in [0.2, 0.25) is 0 Å². The minimum Gasteiger partial charge on any atom is -0.507 e. The summed E-state index contributed by atoms with van der Waals surface area (Å²) in [5, 5.41) is 21.8. The fraction of sp³-hybridized carbons (Fsp3) is 0.400. The number of rotatable bonds is 17. The van der Waals surface area contributed by atoms with Crippen molar-refractivity contribution in [3.63, 3.8) is 0 Å². The van der Waals surface area contributed by atoms with Gasteiger partial charge in [-0.2, -0.15) is 0 Å². The molecule has 0 aliphatic carbocycles. The fourth-order valence-electron chi connectivity index (χ4n) is 6.12. The summed E-state index contributed by atoms with van der Waals surface area (Å²) in [6, 6.07) is 29.4. The second-order valence-corrected chi connectivity index (χ2v) is 11.9. The van der Waals surface area contributed by atoms with Gasteiger partial charge in [0.15, 0.2) is 0 Å². The van der Waals surface area contributed by atoms with Crippen molar-refractivity contribution in [2.75, 3.05) is 0 Å². The van der Waals surface area contributed by atoms with Gasteiger partial charge in [0.1, 0.15) is 11.5 Å². The summed E-state index contributed by atoms with van der Waals surface area (Å²) in [5.41, 5.74) is 9.00. The van der Waals surface area contributed by atoms with Gasteiger partial charge in [-0.25, -0.2) is 0 Å². The molecule has 0 unspecified atom stereocenters. The summed E-state index contributed by atoms with van der Waals surface area (Å²) in [4.78, 5) is 0. The Morgan fingerprint density at radius 3 is 1.14 bits per heavy atom. The molecular weight excluding hydrogens is 512 g/mol. The molecule has 0 radical (unpaired) electrons. The Balaban J connectivity index is 1.18. The Morgan fingerprint density at radius 1 is 0.429 bits per heavy atom. The normalized spacial score (nSPS) is 11.2. The Morgan fingerprint density at radius 2 is 0.786 bits per heavy atom. The lowest BCUT2D eigenvalue weighted by Gasteiger charge is -2.13. The summed E-state index contributed by atoms with van der Waals surface area (Å²) in [7, 11) is 0. The van der Waals surface area contributed by atoms with Crippen LogP contribution in [0.3, 0.4) is 0 Å². The third-order valence-electron chi connectivity index (χ3n) is 8.39. The first-order valence-electron chi connectivity index (χ1n) is 16.4. The molecule has 0 aliphatic rings. The zero-order valence-corrected chi connectivity index (χ0v) is 25.9. The maximum Gasteiger partial charge on any atom is 0.126 e. The molecule has 4 aromatic rings. The second-order valence-electron chi connectivity index (χ2n) is 11.9. The van der Waals surface area contributed by atoms with Gasteiger partial charge in [-0.05, 0) is 84.0 Å². The molecule has 0 atom stereocenters. The first-order chi connectivity index (χ1) is 20.6. The van der Waals surface area contributed by atoms with E-state index in [2.05, 4.69) is 62.4 Å². The SMILES string of the molecule is CCCc1cc(CCCCCCCCCCc2cc(CCC)c(O)c(-c3ccccc3)c2)cc(-c2ccccc2)c1O. The number of benzene rings is 4. The number of aromatic hydroxyl groups is 2. The lowest BCUT2D eigenvalue weighted by Crippen LogP contribution is -1.94. The second kappa shape index (κ2) is 16.8. The van der Waals surface area contributed by atoms with Crippen molar-refractivity contribution >= 4 is 0 Å². The minimum absolute atomic E-state index is 0.454. The molecular formula is C40H50O2. The molecule has 0 amide bonds. The van der Waals surface area contributed by atoms with E-state index in [1.165, 1.54) is 62.5 Å². The summed E-state index contributed by atoms with van der Waals surface area (Å²) >= 11 is 0.